The van der Waals surface area contributed by atoms with Gasteiger partial charge in [-0.2, -0.15) is 0 Å². The Hall–Kier alpha value is -5.66. The van der Waals surface area contributed by atoms with E-state index in [1.54, 1.807) is 0 Å². The Morgan fingerprint density at radius 3 is 1.72 bits per heavy atom. The van der Waals surface area contributed by atoms with E-state index >= 15 is 0 Å². The minimum atomic E-state index is -0.500. The van der Waals surface area contributed by atoms with Gasteiger partial charge in [0, 0.05) is 21.9 Å². The Bertz CT molecular complexity index is 3100. The Morgan fingerprint density at radius 2 is 1.00 bits per heavy atom. The zero-order valence-electron chi connectivity index (χ0n) is 34.5. The minimum Gasteiger partial charge on any atom is -0.455 e. The molecular weight excluding hydrogens is 520 g/mol. The predicted molar refractivity (Wildman–Crippen MR) is 183 cm³/mol. The molecule has 9 aromatic rings. The molecule has 0 aliphatic rings. The largest absolute Gasteiger partial charge is 0.455 e. The average Bonchev–Trinajstić information content (AvgIpc) is 3.60. The Labute approximate surface area is 266 Å². The van der Waals surface area contributed by atoms with Crippen LogP contribution in [0, 0.1) is 0 Å². The highest BCUT2D eigenvalue weighted by Crippen LogP contribution is 2.48. The number of rotatable bonds is 3. The molecule has 0 saturated heterocycles. The van der Waals surface area contributed by atoms with Gasteiger partial charge in [-0.15, -0.1) is 0 Å². The summed E-state index contributed by atoms with van der Waals surface area (Å²) in [5.41, 5.74) is 2.53. The third kappa shape index (κ3) is 3.65. The number of hydrogen-bond donors (Lipinski definition) is 0. The van der Waals surface area contributed by atoms with E-state index in [1.807, 2.05) is 84.9 Å². The molecule has 9 rings (SSSR count). The second kappa shape index (κ2) is 9.44. The fourth-order valence-electron chi connectivity index (χ4n) is 6.25. The Balaban J connectivity index is 1.46. The van der Waals surface area contributed by atoms with Crippen LogP contribution in [0.1, 0.15) is 16.4 Å². The second-order valence-electron chi connectivity index (χ2n) is 10.3. The van der Waals surface area contributed by atoms with E-state index in [1.165, 1.54) is 0 Å². The molecule has 0 atom stereocenters. The molecule has 1 heteroatoms. The van der Waals surface area contributed by atoms with Crippen LogP contribution in [0.2, 0.25) is 0 Å². The lowest BCUT2D eigenvalue weighted by Crippen LogP contribution is -1.92. The zero-order chi connectivity index (χ0) is 38.8. The first-order valence-corrected chi connectivity index (χ1v) is 13.8. The zero-order valence-corrected chi connectivity index (χ0v) is 22.5. The lowest BCUT2D eigenvalue weighted by atomic mass is 9.83. The molecule has 0 saturated carbocycles. The van der Waals surface area contributed by atoms with Gasteiger partial charge in [0.05, 0.1) is 16.4 Å². The SMILES string of the molecule is [2H]c1c([2H])c([2H])c(-c2cc(-c3c4ccccc4c(-c4c([2H])c([2H])c([2H])c5c4oc4c([2H])c([2H])c([2H])c([2H])c45)c4ccccc34)c3ccccc3c2)c([2H])c1[2H]. The van der Waals surface area contributed by atoms with Crippen molar-refractivity contribution in [2.45, 2.75) is 0 Å². The van der Waals surface area contributed by atoms with Gasteiger partial charge in [0.25, 0.3) is 0 Å². The maximum atomic E-state index is 9.30. The van der Waals surface area contributed by atoms with Gasteiger partial charge < -0.3 is 4.42 Å². The van der Waals surface area contributed by atoms with Crippen molar-refractivity contribution in [2.24, 2.45) is 0 Å². The van der Waals surface area contributed by atoms with Gasteiger partial charge >= 0.3 is 0 Å². The van der Waals surface area contributed by atoms with Crippen LogP contribution in [-0.4, -0.2) is 0 Å². The summed E-state index contributed by atoms with van der Waals surface area (Å²) >= 11 is 0. The quantitative estimate of drug-likeness (QED) is 0.197. The van der Waals surface area contributed by atoms with Crippen LogP contribution in [0.5, 0.6) is 0 Å². The summed E-state index contributed by atoms with van der Waals surface area (Å²) in [5, 5.41) is 4.39. The summed E-state index contributed by atoms with van der Waals surface area (Å²) in [6.07, 6.45) is 0. The van der Waals surface area contributed by atoms with E-state index in [0.29, 0.717) is 21.9 Å². The first kappa shape index (κ1) is 15.0. The molecule has 0 aliphatic heterocycles. The molecule has 1 aromatic heterocycles. The number of fused-ring (bicyclic) bond motifs is 6. The van der Waals surface area contributed by atoms with Crippen molar-refractivity contribution in [1.82, 2.24) is 0 Å². The monoisotopic (exact) mass is 558 g/mol. The first-order valence-electron chi connectivity index (χ1n) is 19.8. The van der Waals surface area contributed by atoms with Gasteiger partial charge in [-0.3, -0.25) is 0 Å². The molecule has 0 aliphatic carbocycles. The van der Waals surface area contributed by atoms with E-state index in [-0.39, 0.29) is 57.2 Å². The lowest BCUT2D eigenvalue weighted by Gasteiger charge is -2.19. The Morgan fingerprint density at radius 1 is 0.419 bits per heavy atom. The minimum absolute atomic E-state index is 0.00434. The lowest BCUT2D eigenvalue weighted by molar-refractivity contribution is 0.670. The molecule has 43 heavy (non-hydrogen) atoms. The molecule has 0 N–H and O–H groups in total. The fourth-order valence-corrected chi connectivity index (χ4v) is 6.25. The highest BCUT2D eigenvalue weighted by molar-refractivity contribution is 6.26. The van der Waals surface area contributed by atoms with Crippen molar-refractivity contribution < 1.29 is 20.9 Å². The van der Waals surface area contributed by atoms with Crippen LogP contribution >= 0.6 is 0 Å². The summed E-state index contributed by atoms with van der Waals surface area (Å²) < 4.78 is 110. The van der Waals surface area contributed by atoms with Gasteiger partial charge in [0.1, 0.15) is 11.2 Å². The molecule has 0 spiro atoms. The van der Waals surface area contributed by atoms with Gasteiger partial charge in [0.2, 0.25) is 0 Å². The molecule has 1 heterocycles. The van der Waals surface area contributed by atoms with Crippen molar-refractivity contribution in [3.63, 3.8) is 0 Å². The molecule has 1 nitrogen and oxygen atoms in total. The van der Waals surface area contributed by atoms with Crippen molar-refractivity contribution in [2.75, 3.05) is 0 Å². The predicted octanol–water partition coefficient (Wildman–Crippen LogP) is 12.0. The molecule has 0 radical (unpaired) electrons. The van der Waals surface area contributed by atoms with Crippen LogP contribution in [0.15, 0.2) is 162 Å². The molecule has 0 unspecified atom stereocenters. The first-order chi connectivity index (χ1) is 26.3. The molecule has 8 aromatic carbocycles. The molecular formula is C42H26O. The van der Waals surface area contributed by atoms with E-state index in [2.05, 4.69) is 0 Å². The summed E-state index contributed by atoms with van der Waals surface area (Å²) in [6, 6.07) is 21.4. The smallest absolute Gasteiger partial charge is 0.143 e. The maximum absolute atomic E-state index is 9.30. The van der Waals surface area contributed by atoms with Crippen LogP contribution in [0.3, 0.4) is 0 Å². The van der Waals surface area contributed by atoms with Gasteiger partial charge in [-0.1, -0.05) is 139 Å². The molecule has 0 fully saturated rings. The molecule has 200 valence electrons. The normalized spacial score (nSPS) is 15.6. The second-order valence-corrected chi connectivity index (χ2v) is 10.3. The highest BCUT2D eigenvalue weighted by atomic mass is 16.3. The molecule has 0 bridgehead atoms. The third-order valence-electron chi connectivity index (χ3n) is 8.04. The van der Waals surface area contributed by atoms with Crippen molar-refractivity contribution in [3.8, 4) is 33.4 Å². The summed E-state index contributed by atoms with van der Waals surface area (Å²) in [6.45, 7) is 0. The number of hydrogen-bond acceptors (Lipinski definition) is 1. The fraction of sp³-hybridized carbons (Fsp3) is 0. The van der Waals surface area contributed by atoms with Crippen LogP contribution in [-0.2, 0) is 0 Å². The molecule has 0 amide bonds. The number of benzene rings is 8. The summed E-state index contributed by atoms with van der Waals surface area (Å²) in [4.78, 5) is 0. The van der Waals surface area contributed by atoms with E-state index < -0.39 is 48.3 Å². The van der Waals surface area contributed by atoms with Crippen molar-refractivity contribution in [3.05, 3.63) is 157 Å². The summed E-state index contributed by atoms with van der Waals surface area (Å²) in [5.74, 6) is 0. The third-order valence-corrected chi connectivity index (χ3v) is 8.04. The maximum Gasteiger partial charge on any atom is 0.143 e. The highest BCUT2D eigenvalue weighted by Gasteiger charge is 2.21. The average molecular weight is 559 g/mol. The summed E-state index contributed by atoms with van der Waals surface area (Å²) in [7, 11) is 0. The number of furan rings is 1. The topological polar surface area (TPSA) is 13.1 Å². The van der Waals surface area contributed by atoms with E-state index in [9.17, 15) is 1.37 Å². The van der Waals surface area contributed by atoms with Crippen LogP contribution < -0.4 is 0 Å². The standard InChI is InChI=1S/C42H26O/c1-2-13-27(14-3-1)29-25-28-15-4-5-16-30(28)38(26-29)41-34-20-8-6-18-32(34)40(33-19-7-9-21-35(33)41)37-23-12-22-36-31-17-10-11-24-39(31)43-42(36)37/h1-26H/i1D,2D,3D,10D,11D,12D,13D,14D,17D,22D,23D,24D. The Kier molecular flexibility index (Phi) is 3.29. The van der Waals surface area contributed by atoms with Crippen LogP contribution in [0.4, 0.5) is 0 Å². The van der Waals surface area contributed by atoms with Crippen LogP contribution in [0.25, 0.3) is 87.6 Å². The van der Waals surface area contributed by atoms with E-state index in [0.717, 1.165) is 32.7 Å². The number of para-hydroxylation sites is 2. The van der Waals surface area contributed by atoms with E-state index in [4.69, 9.17) is 19.5 Å². The van der Waals surface area contributed by atoms with Crippen molar-refractivity contribution >= 4 is 54.3 Å². The van der Waals surface area contributed by atoms with Gasteiger partial charge in [0.15, 0.2) is 0 Å². The van der Waals surface area contributed by atoms with Crippen molar-refractivity contribution in [1.29, 1.82) is 0 Å². The van der Waals surface area contributed by atoms with Gasteiger partial charge in [-0.05, 0) is 72.7 Å². The van der Waals surface area contributed by atoms with Gasteiger partial charge in [-0.25, -0.2) is 0 Å².